The highest BCUT2D eigenvalue weighted by Gasteiger charge is 2.19. The minimum atomic E-state index is -0.803. The van der Waals surface area contributed by atoms with E-state index in [-0.39, 0.29) is 37.5 Å². The van der Waals surface area contributed by atoms with Gasteiger partial charge in [-0.15, -0.1) is 0 Å². The van der Waals surface area contributed by atoms with Gasteiger partial charge in [0.1, 0.15) is 13.2 Å². The molecule has 6 nitrogen and oxygen atoms in total. The fraction of sp³-hybridized carbons (Fsp3) is 0.662. The van der Waals surface area contributed by atoms with E-state index in [0.29, 0.717) is 19.3 Å². The van der Waals surface area contributed by atoms with E-state index in [1.165, 1.54) is 122 Å². The van der Waals surface area contributed by atoms with Crippen LogP contribution in [0.2, 0.25) is 0 Å². The average molecular weight is 1030 g/mol. The van der Waals surface area contributed by atoms with Gasteiger partial charge < -0.3 is 14.2 Å². The van der Waals surface area contributed by atoms with Gasteiger partial charge in [-0.3, -0.25) is 14.4 Å². The van der Waals surface area contributed by atoms with Crippen molar-refractivity contribution in [3.05, 3.63) is 122 Å². The van der Waals surface area contributed by atoms with Crippen molar-refractivity contribution < 1.29 is 28.6 Å². The third-order valence-corrected chi connectivity index (χ3v) is 12.7. The molecule has 0 N–H and O–H groups in total. The van der Waals surface area contributed by atoms with Crippen LogP contribution in [0.5, 0.6) is 0 Å². The van der Waals surface area contributed by atoms with Crippen LogP contribution >= 0.6 is 0 Å². The molecule has 420 valence electrons. The summed E-state index contributed by atoms with van der Waals surface area (Å²) < 4.78 is 16.8. The molecule has 0 saturated heterocycles. The van der Waals surface area contributed by atoms with Gasteiger partial charge in [0.2, 0.25) is 0 Å². The zero-order valence-corrected chi connectivity index (χ0v) is 48.1. The number of unbranched alkanes of at least 4 members (excludes halogenated alkanes) is 23. The van der Waals surface area contributed by atoms with E-state index in [2.05, 4.69) is 142 Å². The molecule has 0 aromatic rings. The summed E-state index contributed by atoms with van der Waals surface area (Å²) in [5, 5.41) is 0. The Labute approximate surface area is 456 Å². The number of hydrogen-bond acceptors (Lipinski definition) is 6. The summed E-state index contributed by atoms with van der Waals surface area (Å²) in [5.74, 6) is -0.965. The van der Waals surface area contributed by atoms with E-state index in [9.17, 15) is 14.4 Å². The number of carbonyl (C=O) groups is 3. The molecule has 0 aromatic carbocycles. The van der Waals surface area contributed by atoms with Gasteiger partial charge >= 0.3 is 17.9 Å². The quantitative estimate of drug-likeness (QED) is 0.0261. The molecular weight excluding hydrogens is 913 g/mol. The SMILES string of the molecule is CC/C=C\C/C=C\C/C=C\C/C=C\C/C=C\C/C=C\C/C=C\C/C=C\C/C=C\CCCC(=O)OCC(COC(=O)CCCCCCCCCC)OC(=O)CCCCCCCCCCC/C=C\CCCCCCCC. The van der Waals surface area contributed by atoms with E-state index in [4.69, 9.17) is 14.2 Å². The van der Waals surface area contributed by atoms with Crippen molar-refractivity contribution in [1.29, 1.82) is 0 Å². The molecule has 0 bridgehead atoms. The lowest BCUT2D eigenvalue weighted by atomic mass is 10.1. The van der Waals surface area contributed by atoms with E-state index in [0.717, 1.165) is 103 Å². The predicted octanol–water partition coefficient (Wildman–Crippen LogP) is 20.8. The molecule has 6 heteroatoms. The molecule has 0 spiro atoms. The first-order valence-corrected chi connectivity index (χ1v) is 30.5. The lowest BCUT2D eigenvalue weighted by Gasteiger charge is -2.18. The van der Waals surface area contributed by atoms with Gasteiger partial charge in [-0.25, -0.2) is 0 Å². The summed E-state index contributed by atoms with van der Waals surface area (Å²) in [6, 6.07) is 0. The number of esters is 3. The smallest absolute Gasteiger partial charge is 0.306 e. The molecule has 0 aliphatic heterocycles. The Hall–Kier alpha value is -4.19. The van der Waals surface area contributed by atoms with Crippen molar-refractivity contribution in [2.75, 3.05) is 13.2 Å². The molecule has 0 rings (SSSR count). The predicted molar refractivity (Wildman–Crippen MR) is 320 cm³/mol. The number of carbonyl (C=O) groups excluding carboxylic acids is 3. The standard InChI is InChI=1S/C68H112O6/c1-4-7-10-13-16-19-21-23-25-27-29-30-31-32-33-34-35-36-37-38-40-41-43-45-47-49-52-55-58-61-67(70)73-64-65(63-72-66(69)60-57-54-51-18-15-12-9-6-3)74-68(71)62-59-56-53-50-48-46-44-42-39-28-26-24-22-20-17-14-11-8-5-2/h7,10,16,19,23-26,29-30,32-33,35-36,38,40,43,45,49,52,65H,4-6,8-9,11-15,17-18,20-22,27-28,31,34,37,39,41-42,44,46-48,50-51,53-64H2,1-3H3/b10-7-,19-16-,25-23-,26-24-,30-29-,33-32-,36-35-,40-38-,45-43-,52-49-. The Morgan fingerprint density at radius 1 is 0.284 bits per heavy atom. The van der Waals surface area contributed by atoms with Crippen LogP contribution in [0, 0.1) is 0 Å². The van der Waals surface area contributed by atoms with Gasteiger partial charge in [0.25, 0.3) is 0 Å². The molecule has 0 fully saturated rings. The fourth-order valence-electron chi connectivity index (χ4n) is 8.14. The van der Waals surface area contributed by atoms with E-state index in [1.807, 2.05) is 0 Å². The first kappa shape index (κ1) is 69.8. The highest BCUT2D eigenvalue weighted by Crippen LogP contribution is 2.15. The van der Waals surface area contributed by atoms with Gasteiger partial charge in [0, 0.05) is 19.3 Å². The number of hydrogen-bond donors (Lipinski definition) is 0. The van der Waals surface area contributed by atoms with Crippen LogP contribution in [0.3, 0.4) is 0 Å². The average Bonchev–Trinajstić information content (AvgIpc) is 3.40. The van der Waals surface area contributed by atoms with Crippen LogP contribution in [-0.4, -0.2) is 37.2 Å². The summed E-state index contributed by atoms with van der Waals surface area (Å²) >= 11 is 0. The molecule has 0 saturated carbocycles. The van der Waals surface area contributed by atoms with E-state index >= 15 is 0 Å². The van der Waals surface area contributed by atoms with Crippen LogP contribution in [0.4, 0.5) is 0 Å². The summed E-state index contributed by atoms with van der Waals surface area (Å²) in [5.41, 5.74) is 0. The highest BCUT2D eigenvalue weighted by atomic mass is 16.6. The molecule has 74 heavy (non-hydrogen) atoms. The Morgan fingerprint density at radius 3 is 0.892 bits per heavy atom. The van der Waals surface area contributed by atoms with Crippen LogP contribution in [-0.2, 0) is 28.6 Å². The van der Waals surface area contributed by atoms with Gasteiger partial charge in [-0.05, 0) is 109 Å². The summed E-state index contributed by atoms with van der Waals surface area (Å²) in [6.45, 7) is 6.45. The van der Waals surface area contributed by atoms with Crippen LogP contribution < -0.4 is 0 Å². The zero-order chi connectivity index (χ0) is 53.6. The maximum Gasteiger partial charge on any atom is 0.306 e. The molecule has 0 heterocycles. The first-order valence-electron chi connectivity index (χ1n) is 30.5. The second-order valence-electron chi connectivity index (χ2n) is 19.9. The molecule has 1 atom stereocenters. The van der Waals surface area contributed by atoms with Crippen LogP contribution in [0.1, 0.15) is 271 Å². The second kappa shape index (κ2) is 61.4. The number of allylic oxidation sites excluding steroid dienone is 20. The maximum absolute atomic E-state index is 12.8. The highest BCUT2D eigenvalue weighted by molar-refractivity contribution is 5.71. The lowest BCUT2D eigenvalue weighted by Crippen LogP contribution is -2.30. The fourth-order valence-corrected chi connectivity index (χ4v) is 8.14. The minimum Gasteiger partial charge on any atom is -0.462 e. The molecule has 0 amide bonds. The third-order valence-electron chi connectivity index (χ3n) is 12.7. The van der Waals surface area contributed by atoms with Crippen molar-refractivity contribution in [3.63, 3.8) is 0 Å². The van der Waals surface area contributed by atoms with Crippen molar-refractivity contribution >= 4 is 17.9 Å². The Morgan fingerprint density at radius 2 is 0.541 bits per heavy atom. The lowest BCUT2D eigenvalue weighted by molar-refractivity contribution is -0.167. The van der Waals surface area contributed by atoms with E-state index in [1.54, 1.807) is 0 Å². The molecule has 0 aliphatic carbocycles. The molecule has 0 radical (unpaired) electrons. The summed E-state index contributed by atoms with van der Waals surface area (Å²) in [4.78, 5) is 38.0. The topological polar surface area (TPSA) is 78.9 Å². The Kier molecular flexibility index (Phi) is 57.9. The molecule has 1 unspecified atom stereocenters. The van der Waals surface area contributed by atoms with Gasteiger partial charge in [0.15, 0.2) is 6.10 Å². The van der Waals surface area contributed by atoms with Crippen molar-refractivity contribution in [3.8, 4) is 0 Å². The van der Waals surface area contributed by atoms with Gasteiger partial charge in [-0.1, -0.05) is 264 Å². The second-order valence-corrected chi connectivity index (χ2v) is 19.9. The largest absolute Gasteiger partial charge is 0.462 e. The van der Waals surface area contributed by atoms with Crippen molar-refractivity contribution in [2.45, 2.75) is 277 Å². The summed E-state index contributed by atoms with van der Waals surface area (Å²) in [6.07, 6.45) is 85.0. The van der Waals surface area contributed by atoms with Gasteiger partial charge in [-0.2, -0.15) is 0 Å². The summed E-state index contributed by atoms with van der Waals surface area (Å²) in [7, 11) is 0. The van der Waals surface area contributed by atoms with E-state index < -0.39 is 6.10 Å². The van der Waals surface area contributed by atoms with Gasteiger partial charge in [0.05, 0.1) is 0 Å². The third kappa shape index (κ3) is 58.7. The Bertz CT molecular complexity index is 1550. The minimum absolute atomic E-state index is 0.0973. The monoisotopic (exact) mass is 1020 g/mol. The molecular formula is C68H112O6. The number of rotatable bonds is 54. The number of ether oxygens (including phenoxy) is 3. The van der Waals surface area contributed by atoms with Crippen LogP contribution in [0.25, 0.3) is 0 Å². The maximum atomic E-state index is 12.8. The van der Waals surface area contributed by atoms with Crippen molar-refractivity contribution in [1.82, 2.24) is 0 Å². The normalized spacial score (nSPS) is 13.0. The molecule has 0 aromatic heterocycles. The molecule has 0 aliphatic rings. The Balaban J connectivity index is 4.33. The van der Waals surface area contributed by atoms with Crippen LogP contribution in [0.15, 0.2) is 122 Å². The van der Waals surface area contributed by atoms with Crippen molar-refractivity contribution in [2.24, 2.45) is 0 Å². The zero-order valence-electron chi connectivity index (χ0n) is 48.1. The first-order chi connectivity index (χ1) is 36.5.